The Hall–Kier alpha value is -1.55. The van der Waals surface area contributed by atoms with E-state index in [0.29, 0.717) is 19.3 Å². The monoisotopic (exact) mass is 267 g/mol. The molecule has 1 aromatic heterocycles. The molecule has 0 amide bonds. The summed E-state index contributed by atoms with van der Waals surface area (Å²) in [5.41, 5.74) is 2.70. The predicted octanol–water partition coefficient (Wildman–Crippen LogP) is 3.15. The Morgan fingerprint density at radius 3 is 3.00 bits per heavy atom. The van der Waals surface area contributed by atoms with E-state index in [0.717, 1.165) is 22.2 Å². The van der Waals surface area contributed by atoms with Gasteiger partial charge < -0.3 is 10.1 Å². The molecule has 2 N–H and O–H groups in total. The fraction of sp³-hybridized carbons (Fsp3) is 0.308. The summed E-state index contributed by atoms with van der Waals surface area (Å²) >= 11 is 5.74. The van der Waals surface area contributed by atoms with E-state index in [-0.39, 0.29) is 10.9 Å². The molecule has 0 radical (unpaired) electrons. The van der Waals surface area contributed by atoms with Crippen molar-refractivity contribution < 1.29 is 14.3 Å². The molecule has 0 fully saturated rings. The van der Waals surface area contributed by atoms with Gasteiger partial charge in [-0.1, -0.05) is 11.6 Å². The zero-order chi connectivity index (χ0) is 12.9. The number of carboxylic acids is 1. The van der Waals surface area contributed by atoms with Crippen LogP contribution in [0.2, 0.25) is 5.02 Å². The van der Waals surface area contributed by atoms with Crippen LogP contribution >= 0.6 is 11.6 Å². The van der Waals surface area contributed by atoms with E-state index in [1.165, 1.54) is 6.07 Å². The van der Waals surface area contributed by atoms with Crippen LogP contribution in [0.4, 0.5) is 4.39 Å². The minimum absolute atomic E-state index is 0.0795. The first-order valence-corrected chi connectivity index (χ1v) is 6.15. The van der Waals surface area contributed by atoms with Crippen molar-refractivity contribution in [3.8, 4) is 0 Å². The highest BCUT2D eigenvalue weighted by atomic mass is 35.5. The van der Waals surface area contributed by atoms with E-state index >= 15 is 0 Å². The van der Waals surface area contributed by atoms with Gasteiger partial charge in [-0.25, -0.2) is 4.39 Å². The van der Waals surface area contributed by atoms with Crippen molar-refractivity contribution in [3.63, 3.8) is 0 Å². The maximum atomic E-state index is 13.5. The number of rotatable bonds is 1. The summed E-state index contributed by atoms with van der Waals surface area (Å²) in [5, 5.41) is 9.89. The average Bonchev–Trinajstić information content (AvgIpc) is 2.66. The van der Waals surface area contributed by atoms with Crippen LogP contribution in [-0.4, -0.2) is 16.1 Å². The number of carboxylic acid groups (broad SMARTS) is 1. The van der Waals surface area contributed by atoms with Gasteiger partial charge in [0.2, 0.25) is 0 Å². The molecule has 0 aliphatic heterocycles. The Morgan fingerprint density at radius 2 is 2.28 bits per heavy atom. The summed E-state index contributed by atoms with van der Waals surface area (Å²) in [6.07, 6.45) is 1.75. The summed E-state index contributed by atoms with van der Waals surface area (Å²) in [6.45, 7) is 0. The molecule has 5 heteroatoms. The number of nitrogens with one attached hydrogen (secondary N) is 1. The minimum Gasteiger partial charge on any atom is -0.481 e. The quantitative estimate of drug-likeness (QED) is 0.834. The van der Waals surface area contributed by atoms with Gasteiger partial charge in [0, 0.05) is 16.6 Å². The highest BCUT2D eigenvalue weighted by Crippen LogP contribution is 2.33. The summed E-state index contributed by atoms with van der Waals surface area (Å²) in [7, 11) is 0. The largest absolute Gasteiger partial charge is 0.481 e. The van der Waals surface area contributed by atoms with Gasteiger partial charge >= 0.3 is 5.97 Å². The summed E-state index contributed by atoms with van der Waals surface area (Å²) in [5.74, 6) is -1.64. The van der Waals surface area contributed by atoms with Gasteiger partial charge in [0.25, 0.3) is 0 Å². The second-order valence-electron chi connectivity index (χ2n) is 4.67. The zero-order valence-corrected chi connectivity index (χ0v) is 10.2. The number of halogens is 2. The molecule has 0 saturated heterocycles. The second kappa shape index (κ2) is 3.99. The molecule has 94 valence electrons. The van der Waals surface area contributed by atoms with Crippen molar-refractivity contribution in [1.82, 2.24) is 4.98 Å². The van der Waals surface area contributed by atoms with E-state index in [1.54, 1.807) is 6.07 Å². The number of aryl methyl sites for hydroxylation is 1. The summed E-state index contributed by atoms with van der Waals surface area (Å²) < 4.78 is 13.5. The van der Waals surface area contributed by atoms with Crippen molar-refractivity contribution >= 4 is 28.5 Å². The third-order valence-corrected chi connectivity index (χ3v) is 3.87. The molecule has 0 spiro atoms. The Bertz CT molecular complexity index is 650. The lowest BCUT2D eigenvalue weighted by atomic mass is 9.86. The van der Waals surface area contributed by atoms with E-state index < -0.39 is 11.8 Å². The van der Waals surface area contributed by atoms with Gasteiger partial charge in [-0.3, -0.25) is 4.79 Å². The molecular weight excluding hydrogens is 257 g/mol. The van der Waals surface area contributed by atoms with Crippen LogP contribution in [0.3, 0.4) is 0 Å². The third kappa shape index (κ3) is 1.68. The zero-order valence-electron chi connectivity index (χ0n) is 9.46. The van der Waals surface area contributed by atoms with Gasteiger partial charge in [0.15, 0.2) is 0 Å². The SMILES string of the molecule is O=C(O)C1CCc2[nH]c3cc(Cl)c(F)cc3c2C1. The van der Waals surface area contributed by atoms with Crippen molar-refractivity contribution in [2.24, 2.45) is 5.92 Å². The molecule has 0 bridgehead atoms. The van der Waals surface area contributed by atoms with Crippen LogP contribution < -0.4 is 0 Å². The van der Waals surface area contributed by atoms with E-state index in [1.807, 2.05) is 0 Å². The number of aliphatic carboxylic acids is 1. The number of H-pyrrole nitrogens is 1. The van der Waals surface area contributed by atoms with Gasteiger partial charge in [0.05, 0.1) is 10.9 Å². The first kappa shape index (κ1) is 11.5. The lowest BCUT2D eigenvalue weighted by Crippen LogP contribution is -2.21. The highest BCUT2D eigenvalue weighted by Gasteiger charge is 2.27. The lowest BCUT2D eigenvalue weighted by molar-refractivity contribution is -0.142. The topological polar surface area (TPSA) is 53.1 Å². The van der Waals surface area contributed by atoms with Gasteiger partial charge in [-0.15, -0.1) is 0 Å². The Morgan fingerprint density at radius 1 is 1.50 bits per heavy atom. The fourth-order valence-electron chi connectivity index (χ4n) is 2.62. The van der Waals surface area contributed by atoms with Crippen molar-refractivity contribution in [1.29, 1.82) is 0 Å². The Balaban J connectivity index is 2.15. The van der Waals surface area contributed by atoms with Crippen molar-refractivity contribution in [3.05, 3.63) is 34.2 Å². The van der Waals surface area contributed by atoms with Crippen LogP contribution in [0.25, 0.3) is 10.9 Å². The molecule has 18 heavy (non-hydrogen) atoms. The van der Waals surface area contributed by atoms with Crippen LogP contribution in [0.5, 0.6) is 0 Å². The smallest absolute Gasteiger partial charge is 0.306 e. The van der Waals surface area contributed by atoms with Crippen LogP contribution in [-0.2, 0) is 17.6 Å². The number of hydrogen-bond acceptors (Lipinski definition) is 1. The molecule has 3 nitrogen and oxygen atoms in total. The molecule has 3 rings (SSSR count). The molecule has 1 unspecified atom stereocenters. The number of hydrogen-bond donors (Lipinski definition) is 2. The average molecular weight is 268 g/mol. The summed E-state index contributed by atoms with van der Waals surface area (Å²) in [4.78, 5) is 14.2. The van der Waals surface area contributed by atoms with E-state index in [9.17, 15) is 9.18 Å². The van der Waals surface area contributed by atoms with Gasteiger partial charge in [0.1, 0.15) is 5.82 Å². The van der Waals surface area contributed by atoms with Gasteiger partial charge in [-0.05, 0) is 37.0 Å². The number of benzene rings is 1. The van der Waals surface area contributed by atoms with Crippen LogP contribution in [0.15, 0.2) is 12.1 Å². The maximum Gasteiger partial charge on any atom is 0.306 e. The number of fused-ring (bicyclic) bond motifs is 3. The molecule has 1 aromatic carbocycles. The molecule has 1 heterocycles. The van der Waals surface area contributed by atoms with Crippen molar-refractivity contribution in [2.75, 3.05) is 0 Å². The number of aromatic amines is 1. The number of carbonyl (C=O) groups is 1. The molecule has 0 saturated carbocycles. The molecule has 1 aliphatic rings. The first-order chi connectivity index (χ1) is 8.56. The molecule has 1 aliphatic carbocycles. The number of aromatic nitrogens is 1. The molecular formula is C13H11ClFNO2. The second-order valence-corrected chi connectivity index (χ2v) is 5.08. The Kier molecular flexibility index (Phi) is 2.55. The van der Waals surface area contributed by atoms with E-state index in [4.69, 9.17) is 16.7 Å². The third-order valence-electron chi connectivity index (χ3n) is 3.58. The highest BCUT2D eigenvalue weighted by molar-refractivity contribution is 6.31. The minimum atomic E-state index is -0.788. The predicted molar refractivity (Wildman–Crippen MR) is 66.4 cm³/mol. The van der Waals surface area contributed by atoms with Crippen LogP contribution in [0.1, 0.15) is 17.7 Å². The molecule has 1 atom stereocenters. The Labute approximate surface area is 108 Å². The summed E-state index contributed by atoms with van der Waals surface area (Å²) in [6, 6.07) is 2.94. The molecule has 2 aromatic rings. The fourth-order valence-corrected chi connectivity index (χ4v) is 2.79. The van der Waals surface area contributed by atoms with E-state index in [2.05, 4.69) is 4.98 Å². The lowest BCUT2D eigenvalue weighted by Gasteiger charge is -2.18. The normalized spacial score (nSPS) is 18.9. The first-order valence-electron chi connectivity index (χ1n) is 5.77. The van der Waals surface area contributed by atoms with Crippen molar-refractivity contribution in [2.45, 2.75) is 19.3 Å². The standard InChI is InChI=1S/C13H11ClFNO2/c14-9-5-12-8(4-10(9)15)7-3-6(13(17)18)1-2-11(7)16-12/h4-6,16H,1-3H2,(H,17,18). The maximum absolute atomic E-state index is 13.5. The van der Waals surface area contributed by atoms with Crippen LogP contribution in [0, 0.1) is 11.7 Å². The van der Waals surface area contributed by atoms with Gasteiger partial charge in [-0.2, -0.15) is 0 Å².